The maximum atomic E-state index is 5.33. The second kappa shape index (κ2) is 7.68. The highest BCUT2D eigenvalue weighted by molar-refractivity contribution is 14.0. The largest absolute Gasteiger partial charge is 0.384 e. The number of hydrogen-bond acceptors (Lipinski definition) is 2. The van der Waals surface area contributed by atoms with E-state index in [0.29, 0.717) is 11.3 Å². The minimum Gasteiger partial charge on any atom is -0.384 e. The molecule has 0 aromatic heterocycles. The molecule has 1 atom stereocenters. The van der Waals surface area contributed by atoms with Crippen LogP contribution in [0.15, 0.2) is 4.99 Å². The van der Waals surface area contributed by atoms with Crippen molar-refractivity contribution in [3.8, 4) is 0 Å². The van der Waals surface area contributed by atoms with Crippen molar-refractivity contribution in [1.29, 1.82) is 0 Å². The van der Waals surface area contributed by atoms with Crippen LogP contribution in [-0.2, 0) is 4.74 Å². The van der Waals surface area contributed by atoms with Gasteiger partial charge < -0.3 is 15.0 Å². The monoisotopic (exact) mass is 447 g/mol. The number of hydrogen-bond donors (Lipinski definition) is 1. The van der Waals surface area contributed by atoms with Crippen LogP contribution in [0.3, 0.4) is 0 Å². The maximum absolute atomic E-state index is 5.33. The van der Waals surface area contributed by atoms with Gasteiger partial charge in [0.2, 0.25) is 0 Å². The number of aliphatic imine (C=N–C) groups is 1. The molecule has 4 bridgehead atoms. The SMILES string of the molecule is CN=C(NCC12CC3CC(CC(C3)C1)C2)N1CCC(COC)C1.I. The fraction of sp³-hybridized carbons (Fsp3) is 0.947. The van der Waals surface area contributed by atoms with Gasteiger partial charge in [0.15, 0.2) is 5.96 Å². The third-order valence-electron chi connectivity index (χ3n) is 6.99. The normalized spacial score (nSPS) is 40.8. The minimum atomic E-state index is 0. The predicted octanol–water partition coefficient (Wildman–Crippen LogP) is 3.36. The third-order valence-corrected chi connectivity index (χ3v) is 6.99. The van der Waals surface area contributed by atoms with Crippen molar-refractivity contribution in [3.63, 3.8) is 0 Å². The summed E-state index contributed by atoms with van der Waals surface area (Å²) in [5, 5.41) is 3.77. The molecule has 0 amide bonds. The van der Waals surface area contributed by atoms with Crippen LogP contribution in [0.1, 0.15) is 44.9 Å². The molecule has 1 saturated heterocycles. The van der Waals surface area contributed by atoms with Crippen LogP contribution in [0, 0.1) is 29.1 Å². The summed E-state index contributed by atoms with van der Waals surface area (Å²) in [5.74, 6) is 4.88. The highest BCUT2D eigenvalue weighted by Crippen LogP contribution is 2.59. The van der Waals surface area contributed by atoms with E-state index in [2.05, 4.69) is 15.2 Å². The Bertz CT molecular complexity index is 432. The van der Waals surface area contributed by atoms with Gasteiger partial charge in [-0.3, -0.25) is 4.99 Å². The van der Waals surface area contributed by atoms with Crippen molar-refractivity contribution in [2.24, 2.45) is 34.1 Å². The molecule has 4 saturated carbocycles. The summed E-state index contributed by atoms with van der Waals surface area (Å²) < 4.78 is 5.33. The minimum absolute atomic E-state index is 0. The molecule has 1 N–H and O–H groups in total. The lowest BCUT2D eigenvalue weighted by molar-refractivity contribution is -0.0494. The Kier molecular flexibility index (Phi) is 6.00. The number of likely N-dealkylation sites (tertiary alicyclic amines) is 1. The van der Waals surface area contributed by atoms with Gasteiger partial charge in [-0.05, 0) is 68.1 Å². The number of rotatable bonds is 4. The van der Waals surface area contributed by atoms with Gasteiger partial charge >= 0.3 is 0 Å². The number of nitrogens with one attached hydrogen (secondary N) is 1. The molecule has 5 aliphatic rings. The fourth-order valence-electron chi connectivity index (χ4n) is 6.50. The number of nitrogens with zero attached hydrogens (tertiary/aromatic N) is 2. The summed E-state index contributed by atoms with van der Waals surface area (Å²) in [6.45, 7) is 4.24. The van der Waals surface area contributed by atoms with Crippen molar-refractivity contribution in [1.82, 2.24) is 10.2 Å². The van der Waals surface area contributed by atoms with E-state index in [1.807, 2.05) is 14.2 Å². The van der Waals surface area contributed by atoms with Crippen LogP contribution in [0.2, 0.25) is 0 Å². The van der Waals surface area contributed by atoms with E-state index in [0.717, 1.165) is 50.0 Å². The lowest BCUT2D eigenvalue weighted by Gasteiger charge is -2.57. The second-order valence-corrected chi connectivity index (χ2v) is 8.87. The van der Waals surface area contributed by atoms with Gasteiger partial charge in [-0.2, -0.15) is 0 Å². The van der Waals surface area contributed by atoms with Crippen molar-refractivity contribution >= 4 is 29.9 Å². The predicted molar refractivity (Wildman–Crippen MR) is 109 cm³/mol. The van der Waals surface area contributed by atoms with E-state index in [4.69, 9.17) is 4.74 Å². The molecule has 0 aromatic carbocycles. The van der Waals surface area contributed by atoms with Gasteiger partial charge in [0.1, 0.15) is 0 Å². The molecule has 5 heteroatoms. The summed E-state index contributed by atoms with van der Waals surface area (Å²) in [6.07, 6.45) is 10.2. The van der Waals surface area contributed by atoms with E-state index in [-0.39, 0.29) is 24.0 Å². The zero-order valence-corrected chi connectivity index (χ0v) is 17.6. The van der Waals surface area contributed by atoms with Crippen molar-refractivity contribution in [2.45, 2.75) is 44.9 Å². The molecule has 4 nitrogen and oxygen atoms in total. The van der Waals surface area contributed by atoms with E-state index < -0.39 is 0 Å². The molecule has 5 fully saturated rings. The summed E-state index contributed by atoms with van der Waals surface area (Å²) in [5.41, 5.74) is 0.580. The van der Waals surface area contributed by atoms with Gasteiger partial charge in [-0.25, -0.2) is 0 Å². The van der Waals surface area contributed by atoms with Gasteiger partial charge in [-0.15, -0.1) is 24.0 Å². The Hall–Kier alpha value is -0.0400. The molecule has 24 heavy (non-hydrogen) atoms. The number of halogens is 1. The molecule has 0 aromatic rings. The van der Waals surface area contributed by atoms with Crippen LogP contribution in [0.5, 0.6) is 0 Å². The third kappa shape index (κ3) is 3.71. The number of guanidine groups is 1. The van der Waals surface area contributed by atoms with Gasteiger partial charge in [-0.1, -0.05) is 0 Å². The topological polar surface area (TPSA) is 36.9 Å². The van der Waals surface area contributed by atoms with Crippen molar-refractivity contribution in [3.05, 3.63) is 0 Å². The van der Waals surface area contributed by atoms with Crippen LogP contribution in [0.4, 0.5) is 0 Å². The Morgan fingerprint density at radius 2 is 1.79 bits per heavy atom. The van der Waals surface area contributed by atoms with E-state index >= 15 is 0 Å². The summed E-state index contributed by atoms with van der Waals surface area (Å²) in [4.78, 5) is 7.01. The average Bonchev–Trinajstić information content (AvgIpc) is 2.95. The first-order valence-corrected chi connectivity index (χ1v) is 9.64. The quantitative estimate of drug-likeness (QED) is 0.408. The zero-order valence-electron chi connectivity index (χ0n) is 15.3. The molecular formula is C19H34IN3O. The highest BCUT2D eigenvalue weighted by Gasteiger charge is 2.50. The standard InChI is InChI=1S/C19H33N3O.HI/c1-20-18(22-4-3-14(11-22)12-23-2)21-13-19-8-15-5-16(9-19)7-17(6-15)10-19;/h14-17H,3-13H2,1-2H3,(H,20,21);1H. The first kappa shape index (κ1) is 18.7. The zero-order chi connectivity index (χ0) is 15.9. The number of methoxy groups -OCH3 is 1. The summed E-state index contributed by atoms with van der Waals surface area (Å²) >= 11 is 0. The first-order chi connectivity index (χ1) is 11.2. The molecule has 0 spiro atoms. The Labute approximate surface area is 164 Å². The molecule has 138 valence electrons. The first-order valence-electron chi connectivity index (χ1n) is 9.64. The van der Waals surface area contributed by atoms with Crippen LogP contribution in [-0.4, -0.2) is 51.3 Å². The van der Waals surface area contributed by atoms with Crippen LogP contribution >= 0.6 is 24.0 Å². The Morgan fingerprint density at radius 3 is 2.33 bits per heavy atom. The van der Waals surface area contributed by atoms with Crippen LogP contribution < -0.4 is 5.32 Å². The summed E-state index contributed by atoms with van der Waals surface area (Å²) in [6, 6.07) is 0. The van der Waals surface area contributed by atoms with Crippen LogP contribution in [0.25, 0.3) is 0 Å². The number of ether oxygens (including phenoxy) is 1. The van der Waals surface area contributed by atoms with Gasteiger partial charge in [0.25, 0.3) is 0 Å². The molecule has 1 heterocycles. The Balaban J connectivity index is 0.00000169. The molecular weight excluding hydrogens is 413 g/mol. The maximum Gasteiger partial charge on any atom is 0.193 e. The lowest BCUT2D eigenvalue weighted by Crippen LogP contribution is -2.53. The summed E-state index contributed by atoms with van der Waals surface area (Å²) in [7, 11) is 3.74. The average molecular weight is 447 g/mol. The van der Waals surface area contributed by atoms with Crippen molar-refractivity contribution < 1.29 is 4.74 Å². The van der Waals surface area contributed by atoms with Crippen molar-refractivity contribution in [2.75, 3.05) is 40.4 Å². The molecule has 4 aliphatic carbocycles. The van der Waals surface area contributed by atoms with E-state index in [1.54, 1.807) is 0 Å². The molecule has 0 radical (unpaired) electrons. The second-order valence-electron chi connectivity index (χ2n) is 8.87. The highest BCUT2D eigenvalue weighted by atomic mass is 127. The van der Waals surface area contributed by atoms with E-state index in [9.17, 15) is 0 Å². The Morgan fingerprint density at radius 1 is 1.17 bits per heavy atom. The molecule has 1 unspecified atom stereocenters. The van der Waals surface area contributed by atoms with E-state index in [1.165, 1.54) is 44.9 Å². The fourth-order valence-corrected chi connectivity index (χ4v) is 6.50. The molecule has 1 aliphatic heterocycles. The van der Waals surface area contributed by atoms with Gasteiger partial charge in [0.05, 0.1) is 6.61 Å². The molecule has 5 rings (SSSR count). The lowest BCUT2D eigenvalue weighted by atomic mass is 9.49. The van der Waals surface area contributed by atoms with Gasteiger partial charge in [0, 0.05) is 39.7 Å². The smallest absolute Gasteiger partial charge is 0.193 e.